The van der Waals surface area contributed by atoms with Gasteiger partial charge in [0.1, 0.15) is 18.3 Å². The van der Waals surface area contributed by atoms with E-state index in [0.29, 0.717) is 4.90 Å². The third-order valence-electron chi connectivity index (χ3n) is 3.67. The number of aliphatic hydroxyl groups is 1. The molecule has 0 aliphatic carbocycles. The van der Waals surface area contributed by atoms with Crippen molar-refractivity contribution in [2.45, 2.75) is 56.1 Å². The minimum Gasteiger partial charge on any atom is -0.387 e. The van der Waals surface area contributed by atoms with E-state index in [-0.39, 0.29) is 6.61 Å². The van der Waals surface area contributed by atoms with E-state index in [4.69, 9.17) is 18.4 Å². The summed E-state index contributed by atoms with van der Waals surface area (Å²) in [6.07, 6.45) is -2.66. The molecule has 3 rings (SSSR count). The van der Waals surface area contributed by atoms with Gasteiger partial charge in [-0.1, -0.05) is 17.7 Å². The molecular weight excluding hydrogens is 308 g/mol. The maximum absolute atomic E-state index is 12.1. The first-order chi connectivity index (χ1) is 10.4. The summed E-state index contributed by atoms with van der Waals surface area (Å²) >= 11 is -1.60. The predicted molar refractivity (Wildman–Crippen MR) is 78.2 cm³/mol. The SMILES string of the molecule is Cc1ccc(S(=O)OC[C@H]2O[C@@H]3OC(C)(C)O[C@@H]3[C@H]2O)cc1. The van der Waals surface area contributed by atoms with Crippen molar-refractivity contribution in [3.8, 4) is 0 Å². The van der Waals surface area contributed by atoms with Crippen molar-refractivity contribution in [3.63, 3.8) is 0 Å². The Balaban J connectivity index is 1.55. The molecule has 0 aromatic heterocycles. The number of ether oxygens (including phenoxy) is 3. The third kappa shape index (κ3) is 3.24. The zero-order valence-electron chi connectivity index (χ0n) is 12.7. The van der Waals surface area contributed by atoms with Crippen molar-refractivity contribution in [1.82, 2.24) is 0 Å². The Kier molecular flexibility index (Phi) is 4.37. The first-order valence-electron chi connectivity index (χ1n) is 7.17. The monoisotopic (exact) mass is 328 g/mol. The molecule has 1 unspecified atom stereocenters. The van der Waals surface area contributed by atoms with Gasteiger partial charge >= 0.3 is 0 Å². The molecule has 122 valence electrons. The minimum atomic E-state index is -1.60. The Morgan fingerprint density at radius 1 is 1.27 bits per heavy atom. The predicted octanol–water partition coefficient (Wildman–Crippen LogP) is 1.27. The lowest BCUT2D eigenvalue weighted by Gasteiger charge is -2.22. The van der Waals surface area contributed by atoms with Gasteiger partial charge in [0.2, 0.25) is 0 Å². The third-order valence-corrected chi connectivity index (χ3v) is 4.67. The summed E-state index contributed by atoms with van der Waals surface area (Å²) < 4.78 is 34.1. The lowest BCUT2D eigenvalue weighted by Crippen LogP contribution is -2.36. The van der Waals surface area contributed by atoms with Gasteiger partial charge < -0.3 is 19.3 Å². The molecule has 22 heavy (non-hydrogen) atoms. The van der Waals surface area contributed by atoms with Gasteiger partial charge in [-0.05, 0) is 32.9 Å². The second kappa shape index (κ2) is 5.99. The fourth-order valence-electron chi connectivity index (χ4n) is 2.54. The second-order valence-corrected chi connectivity index (χ2v) is 7.14. The molecular formula is C15H20O6S. The summed E-state index contributed by atoms with van der Waals surface area (Å²) in [6, 6.07) is 7.24. The van der Waals surface area contributed by atoms with Crippen molar-refractivity contribution < 1.29 is 27.7 Å². The number of hydrogen-bond acceptors (Lipinski definition) is 6. The first kappa shape index (κ1) is 16.0. The van der Waals surface area contributed by atoms with E-state index in [2.05, 4.69) is 0 Å². The second-order valence-electron chi connectivity index (χ2n) is 5.97. The fraction of sp³-hybridized carbons (Fsp3) is 0.600. The molecule has 1 aromatic rings. The number of aliphatic hydroxyl groups excluding tert-OH is 1. The molecule has 7 heteroatoms. The highest BCUT2D eigenvalue weighted by molar-refractivity contribution is 7.80. The Labute approximate surface area is 132 Å². The molecule has 0 spiro atoms. The summed E-state index contributed by atoms with van der Waals surface area (Å²) in [4.78, 5) is 0.576. The zero-order chi connectivity index (χ0) is 15.9. The van der Waals surface area contributed by atoms with Crippen LogP contribution >= 0.6 is 0 Å². The molecule has 2 saturated heterocycles. The van der Waals surface area contributed by atoms with Gasteiger partial charge in [0, 0.05) is 0 Å². The molecule has 1 N–H and O–H groups in total. The maximum Gasteiger partial charge on any atom is 0.190 e. The average Bonchev–Trinajstić information content (AvgIpc) is 2.91. The number of fused-ring (bicyclic) bond motifs is 1. The highest BCUT2D eigenvalue weighted by Gasteiger charge is 2.54. The van der Waals surface area contributed by atoms with Crippen LogP contribution in [-0.4, -0.2) is 46.3 Å². The smallest absolute Gasteiger partial charge is 0.190 e. The highest BCUT2D eigenvalue weighted by atomic mass is 32.2. The van der Waals surface area contributed by atoms with Gasteiger partial charge in [-0.15, -0.1) is 0 Å². The van der Waals surface area contributed by atoms with Crippen LogP contribution in [0.1, 0.15) is 19.4 Å². The van der Waals surface area contributed by atoms with Crippen LogP contribution in [0.2, 0.25) is 0 Å². The molecule has 2 aliphatic rings. The van der Waals surface area contributed by atoms with E-state index in [1.165, 1.54) is 0 Å². The number of aryl methyl sites for hydroxylation is 1. The molecule has 1 aromatic carbocycles. The topological polar surface area (TPSA) is 74.2 Å². The van der Waals surface area contributed by atoms with Crippen LogP contribution in [0.25, 0.3) is 0 Å². The first-order valence-corrected chi connectivity index (χ1v) is 8.24. The average molecular weight is 328 g/mol. The number of rotatable bonds is 4. The minimum absolute atomic E-state index is 0.00179. The van der Waals surface area contributed by atoms with Gasteiger partial charge in [-0.25, -0.2) is 4.21 Å². The molecule has 0 saturated carbocycles. The van der Waals surface area contributed by atoms with Crippen molar-refractivity contribution in [2.75, 3.05) is 6.61 Å². The Bertz CT molecular complexity index is 558. The Hall–Kier alpha value is -0.830. The van der Waals surface area contributed by atoms with Crippen LogP contribution in [-0.2, 0) is 29.5 Å². The Morgan fingerprint density at radius 3 is 2.59 bits per heavy atom. The lowest BCUT2D eigenvalue weighted by molar-refractivity contribution is -0.217. The number of hydrogen-bond donors (Lipinski definition) is 1. The van der Waals surface area contributed by atoms with Gasteiger partial charge in [-0.2, -0.15) is 0 Å². The van der Waals surface area contributed by atoms with Crippen LogP contribution in [0.5, 0.6) is 0 Å². The fourth-order valence-corrected chi connectivity index (χ4v) is 3.29. The standard InChI is InChI=1S/C15H20O6S/c1-9-4-6-10(7-5-9)22(17)18-8-11-12(16)13-14(19-11)21-15(2,3)20-13/h4-7,11-14,16H,8H2,1-3H3/t11-,12+,13-,14-,22?/m1/s1. The van der Waals surface area contributed by atoms with Crippen LogP contribution in [0.15, 0.2) is 29.2 Å². The largest absolute Gasteiger partial charge is 0.387 e. The summed E-state index contributed by atoms with van der Waals surface area (Å²) in [5, 5.41) is 10.2. The van der Waals surface area contributed by atoms with Crippen LogP contribution in [0.3, 0.4) is 0 Å². The summed E-state index contributed by atoms with van der Waals surface area (Å²) in [5.74, 6) is -0.771. The zero-order valence-corrected chi connectivity index (χ0v) is 13.5. The molecule has 2 fully saturated rings. The van der Waals surface area contributed by atoms with Crippen molar-refractivity contribution >= 4 is 11.1 Å². The van der Waals surface area contributed by atoms with E-state index in [9.17, 15) is 9.32 Å². The maximum atomic E-state index is 12.1. The summed E-state index contributed by atoms with van der Waals surface area (Å²) in [7, 11) is 0. The molecule has 6 nitrogen and oxygen atoms in total. The molecule has 2 aliphatic heterocycles. The van der Waals surface area contributed by atoms with Crippen molar-refractivity contribution in [2.24, 2.45) is 0 Å². The summed E-state index contributed by atoms with van der Waals surface area (Å²) in [5.41, 5.74) is 1.08. The van der Waals surface area contributed by atoms with E-state index < -0.39 is 41.5 Å². The van der Waals surface area contributed by atoms with E-state index in [1.807, 2.05) is 19.1 Å². The van der Waals surface area contributed by atoms with E-state index in [0.717, 1.165) is 5.56 Å². The van der Waals surface area contributed by atoms with E-state index >= 15 is 0 Å². The van der Waals surface area contributed by atoms with Gasteiger partial charge in [-0.3, -0.25) is 4.18 Å². The quantitative estimate of drug-likeness (QED) is 0.897. The van der Waals surface area contributed by atoms with Crippen molar-refractivity contribution in [3.05, 3.63) is 29.8 Å². The molecule has 5 atom stereocenters. The van der Waals surface area contributed by atoms with E-state index in [1.54, 1.807) is 26.0 Å². The molecule has 0 radical (unpaired) electrons. The van der Waals surface area contributed by atoms with Gasteiger partial charge in [0.25, 0.3) is 0 Å². The number of benzene rings is 1. The normalized spacial score (nSPS) is 34.5. The lowest BCUT2D eigenvalue weighted by atomic mass is 10.1. The van der Waals surface area contributed by atoms with Crippen LogP contribution in [0, 0.1) is 6.92 Å². The molecule has 2 heterocycles. The highest BCUT2D eigenvalue weighted by Crippen LogP contribution is 2.37. The van der Waals surface area contributed by atoms with Gasteiger partial charge in [0.05, 0.1) is 11.5 Å². The summed E-state index contributed by atoms with van der Waals surface area (Å²) in [6.45, 7) is 5.48. The van der Waals surface area contributed by atoms with Crippen LogP contribution in [0.4, 0.5) is 0 Å². The van der Waals surface area contributed by atoms with Gasteiger partial charge in [0.15, 0.2) is 23.2 Å². The Morgan fingerprint density at radius 2 is 1.95 bits per heavy atom. The van der Waals surface area contributed by atoms with Crippen molar-refractivity contribution in [1.29, 1.82) is 0 Å². The molecule has 0 amide bonds. The van der Waals surface area contributed by atoms with Crippen LogP contribution < -0.4 is 0 Å². The molecule has 0 bridgehead atoms.